The van der Waals surface area contributed by atoms with E-state index in [9.17, 15) is 18.8 Å². The summed E-state index contributed by atoms with van der Waals surface area (Å²) in [7, 11) is 0. The number of nitrogens with one attached hydrogen (secondary N) is 1. The van der Waals surface area contributed by atoms with Gasteiger partial charge in [0.2, 0.25) is 11.3 Å². The highest BCUT2D eigenvalue weighted by molar-refractivity contribution is 6.30. The molecule has 0 fully saturated rings. The fourth-order valence-electron chi connectivity index (χ4n) is 3.60. The number of fused-ring (bicyclic) bond motifs is 1. The predicted octanol–water partition coefficient (Wildman–Crippen LogP) is 5.23. The molecule has 0 saturated heterocycles. The Hall–Kier alpha value is -3.77. The van der Waals surface area contributed by atoms with E-state index < -0.39 is 17.0 Å². The van der Waals surface area contributed by atoms with Gasteiger partial charge in [-0.1, -0.05) is 42.8 Å². The molecule has 0 saturated carbocycles. The number of anilines is 1. The molecule has 0 radical (unpaired) electrons. The van der Waals surface area contributed by atoms with Crippen LogP contribution in [-0.2, 0) is 17.8 Å². The van der Waals surface area contributed by atoms with Crippen molar-refractivity contribution in [3.63, 3.8) is 0 Å². The van der Waals surface area contributed by atoms with E-state index in [-0.39, 0.29) is 23.4 Å². The number of ketones is 1. The lowest BCUT2D eigenvalue weighted by Gasteiger charge is -2.14. The molecular weight excluding hydrogens is 443 g/mol. The van der Waals surface area contributed by atoms with Crippen molar-refractivity contribution in [3.05, 3.63) is 111 Å². The van der Waals surface area contributed by atoms with Crippen molar-refractivity contribution in [3.8, 4) is 0 Å². The maximum atomic E-state index is 13.9. The molecule has 0 aliphatic carbocycles. The van der Waals surface area contributed by atoms with Gasteiger partial charge in [-0.25, -0.2) is 4.39 Å². The van der Waals surface area contributed by atoms with Gasteiger partial charge in [0.1, 0.15) is 12.4 Å². The van der Waals surface area contributed by atoms with Crippen LogP contribution < -0.4 is 10.7 Å². The van der Waals surface area contributed by atoms with Crippen molar-refractivity contribution < 1.29 is 14.0 Å². The number of pyridine rings is 1. The summed E-state index contributed by atoms with van der Waals surface area (Å²) in [5.41, 5.74) is 1.60. The molecule has 4 rings (SSSR count). The van der Waals surface area contributed by atoms with Gasteiger partial charge in [-0.2, -0.15) is 0 Å². The molecule has 0 aliphatic rings. The van der Waals surface area contributed by atoms with Crippen LogP contribution in [0, 0.1) is 5.82 Å². The highest BCUT2D eigenvalue weighted by Gasteiger charge is 2.19. The van der Waals surface area contributed by atoms with Crippen LogP contribution in [0.25, 0.3) is 10.9 Å². The second kappa shape index (κ2) is 9.38. The number of hydrogen-bond donors (Lipinski definition) is 1. The van der Waals surface area contributed by atoms with Gasteiger partial charge in [-0.3, -0.25) is 14.4 Å². The third kappa shape index (κ3) is 4.86. The number of rotatable bonds is 6. The summed E-state index contributed by atoms with van der Waals surface area (Å²) in [6.45, 7) is 1.82. The van der Waals surface area contributed by atoms with Gasteiger partial charge in [0.05, 0.1) is 11.1 Å². The Bertz CT molecular complexity index is 1410. The summed E-state index contributed by atoms with van der Waals surface area (Å²) < 4.78 is 15.4. The second-order valence-corrected chi connectivity index (χ2v) is 8.03. The van der Waals surface area contributed by atoms with E-state index in [0.29, 0.717) is 21.8 Å². The van der Waals surface area contributed by atoms with Crippen molar-refractivity contribution in [2.24, 2.45) is 0 Å². The average Bonchev–Trinajstić information content (AvgIpc) is 2.82. The molecule has 0 aliphatic heterocycles. The minimum atomic E-state index is -0.603. The third-order valence-electron chi connectivity index (χ3n) is 5.35. The summed E-state index contributed by atoms with van der Waals surface area (Å²) >= 11 is 5.88. The zero-order valence-electron chi connectivity index (χ0n) is 17.8. The van der Waals surface area contributed by atoms with Crippen LogP contribution >= 0.6 is 11.6 Å². The number of halogens is 2. The van der Waals surface area contributed by atoms with Gasteiger partial charge in [-0.05, 0) is 54.4 Å². The van der Waals surface area contributed by atoms with E-state index in [1.165, 1.54) is 22.9 Å². The Balaban J connectivity index is 1.74. The van der Waals surface area contributed by atoms with E-state index in [2.05, 4.69) is 5.32 Å². The first-order valence-corrected chi connectivity index (χ1v) is 10.7. The number of amides is 1. The summed E-state index contributed by atoms with van der Waals surface area (Å²) in [6, 6.07) is 17.3. The first kappa shape index (κ1) is 22.4. The lowest BCUT2D eigenvalue weighted by atomic mass is 10.0. The minimum Gasteiger partial charge on any atom is -0.337 e. The Morgan fingerprint density at radius 1 is 1.00 bits per heavy atom. The third-order valence-corrected chi connectivity index (χ3v) is 5.61. The normalized spacial score (nSPS) is 10.9. The molecule has 0 atom stereocenters. The Morgan fingerprint density at radius 2 is 1.70 bits per heavy atom. The molecule has 0 bridgehead atoms. The van der Waals surface area contributed by atoms with Crippen LogP contribution in [-0.4, -0.2) is 16.3 Å². The molecule has 1 amide bonds. The molecule has 1 N–H and O–H groups in total. The maximum Gasteiger partial charge on any atom is 0.244 e. The molecule has 1 aromatic heterocycles. The zero-order chi connectivity index (χ0) is 23.5. The van der Waals surface area contributed by atoms with Gasteiger partial charge in [0.15, 0.2) is 5.78 Å². The van der Waals surface area contributed by atoms with Gasteiger partial charge in [0, 0.05) is 27.9 Å². The fraction of sp³-hybridized carbons (Fsp3) is 0.115. The first-order chi connectivity index (χ1) is 15.9. The van der Waals surface area contributed by atoms with Gasteiger partial charge in [-0.15, -0.1) is 0 Å². The van der Waals surface area contributed by atoms with Crippen molar-refractivity contribution in [1.29, 1.82) is 0 Å². The number of aryl methyl sites for hydroxylation is 1. The second-order valence-electron chi connectivity index (χ2n) is 7.60. The maximum absolute atomic E-state index is 13.9. The largest absolute Gasteiger partial charge is 0.337 e. The van der Waals surface area contributed by atoms with E-state index >= 15 is 0 Å². The SMILES string of the molecule is CCc1ccc(C(=O)c2cn(CC(=O)Nc3ccc(Cl)cc3)c3ccc(F)cc3c2=O)cc1. The summed E-state index contributed by atoms with van der Waals surface area (Å²) in [5, 5.41) is 3.32. The zero-order valence-corrected chi connectivity index (χ0v) is 18.5. The number of carbonyl (C=O) groups excluding carboxylic acids is 2. The van der Waals surface area contributed by atoms with Crippen LogP contribution in [0.2, 0.25) is 5.02 Å². The van der Waals surface area contributed by atoms with E-state index in [1.54, 1.807) is 36.4 Å². The quantitative estimate of drug-likeness (QED) is 0.399. The molecule has 0 spiro atoms. The lowest BCUT2D eigenvalue weighted by molar-refractivity contribution is -0.116. The molecule has 33 heavy (non-hydrogen) atoms. The van der Waals surface area contributed by atoms with Crippen LogP contribution in [0.5, 0.6) is 0 Å². The van der Waals surface area contributed by atoms with E-state index in [4.69, 9.17) is 11.6 Å². The molecule has 3 aromatic carbocycles. The first-order valence-electron chi connectivity index (χ1n) is 10.4. The molecule has 1 heterocycles. The molecule has 5 nitrogen and oxygen atoms in total. The Labute approximate surface area is 194 Å². The minimum absolute atomic E-state index is 0.0327. The molecular formula is C26H20ClFN2O3. The topological polar surface area (TPSA) is 68.2 Å². The van der Waals surface area contributed by atoms with Crippen LogP contribution in [0.3, 0.4) is 0 Å². The van der Waals surface area contributed by atoms with Crippen LogP contribution in [0.4, 0.5) is 10.1 Å². The summed E-state index contributed by atoms with van der Waals surface area (Å²) in [4.78, 5) is 38.9. The molecule has 7 heteroatoms. The van der Waals surface area contributed by atoms with Crippen molar-refractivity contribution >= 4 is 39.9 Å². The summed E-state index contributed by atoms with van der Waals surface area (Å²) in [6.07, 6.45) is 2.18. The van der Waals surface area contributed by atoms with E-state index in [0.717, 1.165) is 18.1 Å². The fourth-order valence-corrected chi connectivity index (χ4v) is 3.72. The van der Waals surface area contributed by atoms with Gasteiger partial charge < -0.3 is 9.88 Å². The van der Waals surface area contributed by atoms with E-state index in [1.807, 2.05) is 19.1 Å². The van der Waals surface area contributed by atoms with Gasteiger partial charge >= 0.3 is 0 Å². The number of carbonyl (C=O) groups is 2. The smallest absolute Gasteiger partial charge is 0.244 e. The lowest BCUT2D eigenvalue weighted by Crippen LogP contribution is -2.24. The monoisotopic (exact) mass is 462 g/mol. The number of benzene rings is 3. The van der Waals surface area contributed by atoms with Gasteiger partial charge in [0.25, 0.3) is 0 Å². The molecule has 4 aromatic rings. The van der Waals surface area contributed by atoms with Crippen LogP contribution in [0.1, 0.15) is 28.4 Å². The predicted molar refractivity (Wildman–Crippen MR) is 128 cm³/mol. The summed E-state index contributed by atoms with van der Waals surface area (Å²) in [5.74, 6) is -1.47. The molecule has 166 valence electrons. The Kier molecular flexibility index (Phi) is 6.38. The van der Waals surface area contributed by atoms with Crippen molar-refractivity contribution in [2.75, 3.05) is 5.32 Å². The number of aromatic nitrogens is 1. The highest BCUT2D eigenvalue weighted by Crippen LogP contribution is 2.18. The van der Waals surface area contributed by atoms with Crippen LogP contribution in [0.15, 0.2) is 77.7 Å². The van der Waals surface area contributed by atoms with Crippen molar-refractivity contribution in [2.45, 2.75) is 19.9 Å². The standard InChI is InChI=1S/C26H20ClFN2O3/c1-2-16-3-5-17(6-4-16)25(32)22-14-30(23-12-9-19(28)13-21(23)26(22)33)15-24(31)29-20-10-7-18(27)8-11-20/h3-14H,2,15H2,1H3,(H,29,31). The van der Waals surface area contributed by atoms with Crippen molar-refractivity contribution in [1.82, 2.24) is 4.57 Å². The number of nitrogens with zero attached hydrogens (tertiary/aromatic N) is 1. The average molecular weight is 463 g/mol. The number of hydrogen-bond acceptors (Lipinski definition) is 3. The Morgan fingerprint density at radius 3 is 2.36 bits per heavy atom. The highest BCUT2D eigenvalue weighted by atomic mass is 35.5. The molecule has 0 unspecified atom stereocenters.